The fourth-order valence-electron chi connectivity index (χ4n) is 4.54. The van der Waals surface area contributed by atoms with Gasteiger partial charge in [0.15, 0.2) is 0 Å². The highest BCUT2D eigenvalue weighted by molar-refractivity contribution is 5.79. The van der Waals surface area contributed by atoms with Crippen molar-refractivity contribution in [3.05, 3.63) is 23.7 Å². The standard InChI is InChI=1S/C24H36N4O2/c1-6-7-8-19(18-9-10-18)20-17(2)25-16-26-21(20)27-13-14-28(24(15-27)11-12-24)22(29)30-23(3,4)5/h8,16,18H,6-7,9-15H2,1-5H3/b19-8-. The van der Waals surface area contributed by atoms with Crippen molar-refractivity contribution >= 4 is 17.5 Å². The Kier molecular flexibility index (Phi) is 5.54. The van der Waals surface area contributed by atoms with E-state index in [-0.39, 0.29) is 11.6 Å². The van der Waals surface area contributed by atoms with Crippen molar-refractivity contribution in [3.8, 4) is 0 Å². The van der Waals surface area contributed by atoms with E-state index in [0.717, 1.165) is 50.3 Å². The fourth-order valence-corrected chi connectivity index (χ4v) is 4.54. The van der Waals surface area contributed by atoms with E-state index in [4.69, 9.17) is 9.72 Å². The van der Waals surface area contributed by atoms with Crippen LogP contribution in [0.5, 0.6) is 0 Å². The number of hydrogen-bond acceptors (Lipinski definition) is 5. The number of anilines is 1. The molecule has 1 spiro atoms. The zero-order valence-corrected chi connectivity index (χ0v) is 19.2. The van der Waals surface area contributed by atoms with Gasteiger partial charge in [0.2, 0.25) is 0 Å². The molecule has 0 bridgehead atoms. The predicted molar refractivity (Wildman–Crippen MR) is 119 cm³/mol. The van der Waals surface area contributed by atoms with Crippen molar-refractivity contribution in [1.29, 1.82) is 0 Å². The van der Waals surface area contributed by atoms with Crippen LogP contribution in [-0.4, -0.2) is 51.7 Å². The van der Waals surface area contributed by atoms with E-state index in [9.17, 15) is 4.79 Å². The monoisotopic (exact) mass is 412 g/mol. The van der Waals surface area contributed by atoms with Crippen LogP contribution in [0.3, 0.4) is 0 Å². The Morgan fingerprint density at radius 1 is 1.27 bits per heavy atom. The first-order valence-corrected chi connectivity index (χ1v) is 11.5. The average Bonchev–Trinajstić information content (AvgIpc) is 3.59. The molecule has 2 heterocycles. The first-order chi connectivity index (χ1) is 14.2. The number of carbonyl (C=O) groups is 1. The van der Waals surface area contributed by atoms with Gasteiger partial charge in [-0.25, -0.2) is 14.8 Å². The van der Waals surface area contributed by atoms with Gasteiger partial charge in [-0.15, -0.1) is 0 Å². The summed E-state index contributed by atoms with van der Waals surface area (Å²) in [4.78, 5) is 26.5. The first-order valence-electron chi connectivity index (χ1n) is 11.5. The second-order valence-electron chi connectivity index (χ2n) is 10.2. The molecule has 3 aliphatic rings. The highest BCUT2D eigenvalue weighted by atomic mass is 16.6. The molecule has 30 heavy (non-hydrogen) atoms. The molecule has 0 atom stereocenters. The number of nitrogens with zero attached hydrogens (tertiary/aromatic N) is 4. The number of unbranched alkanes of at least 4 members (excludes halogenated alkanes) is 1. The average molecular weight is 413 g/mol. The minimum absolute atomic E-state index is 0.108. The van der Waals surface area contributed by atoms with E-state index in [1.807, 2.05) is 25.7 Å². The van der Waals surface area contributed by atoms with Crippen LogP contribution in [0.2, 0.25) is 0 Å². The third kappa shape index (κ3) is 4.33. The molecule has 0 aromatic carbocycles. The highest BCUT2D eigenvalue weighted by Gasteiger charge is 2.54. The van der Waals surface area contributed by atoms with Crippen molar-refractivity contribution in [3.63, 3.8) is 0 Å². The van der Waals surface area contributed by atoms with E-state index >= 15 is 0 Å². The molecular weight excluding hydrogens is 376 g/mol. The summed E-state index contributed by atoms with van der Waals surface area (Å²) in [6, 6.07) is 0. The van der Waals surface area contributed by atoms with Crippen molar-refractivity contribution in [1.82, 2.24) is 14.9 Å². The summed E-state index contributed by atoms with van der Waals surface area (Å²) in [7, 11) is 0. The lowest BCUT2D eigenvalue weighted by Crippen LogP contribution is -2.58. The molecule has 6 nitrogen and oxygen atoms in total. The van der Waals surface area contributed by atoms with Crippen LogP contribution in [0.15, 0.2) is 12.4 Å². The molecule has 1 amide bonds. The Labute approximate surface area is 180 Å². The second-order valence-corrected chi connectivity index (χ2v) is 10.2. The molecule has 1 saturated heterocycles. The predicted octanol–water partition coefficient (Wildman–Crippen LogP) is 4.97. The molecule has 2 aliphatic carbocycles. The van der Waals surface area contributed by atoms with Crippen molar-refractivity contribution in [2.24, 2.45) is 5.92 Å². The lowest BCUT2D eigenvalue weighted by Gasteiger charge is -2.43. The summed E-state index contributed by atoms with van der Waals surface area (Å²) in [5.41, 5.74) is 3.15. The molecule has 1 aliphatic heterocycles. The zero-order chi connectivity index (χ0) is 21.5. The number of piperazine rings is 1. The number of aryl methyl sites for hydroxylation is 1. The maximum atomic E-state index is 12.8. The summed E-state index contributed by atoms with van der Waals surface area (Å²) in [5, 5.41) is 0. The van der Waals surface area contributed by atoms with E-state index in [1.165, 1.54) is 24.0 Å². The van der Waals surface area contributed by atoms with Gasteiger partial charge in [-0.05, 0) is 71.3 Å². The molecule has 1 aromatic heterocycles. The number of allylic oxidation sites excluding steroid dienone is 2. The second kappa shape index (κ2) is 7.86. The SMILES string of the molecule is CCC/C=C(\c1c(C)ncnc1N1CCN(C(=O)OC(C)(C)C)C2(CC2)C1)C1CC1. The number of carbonyl (C=O) groups excluding carboxylic acids is 1. The van der Waals surface area contributed by atoms with E-state index in [0.29, 0.717) is 12.5 Å². The topological polar surface area (TPSA) is 58.6 Å². The van der Waals surface area contributed by atoms with Crippen molar-refractivity contribution in [2.45, 2.75) is 84.3 Å². The van der Waals surface area contributed by atoms with E-state index < -0.39 is 5.60 Å². The number of amides is 1. The lowest BCUT2D eigenvalue weighted by atomic mass is 9.97. The zero-order valence-electron chi connectivity index (χ0n) is 19.2. The lowest BCUT2D eigenvalue weighted by molar-refractivity contribution is 0.0106. The van der Waals surface area contributed by atoms with Crippen LogP contribution >= 0.6 is 0 Å². The molecule has 1 aromatic rings. The fraction of sp³-hybridized carbons (Fsp3) is 0.708. The Morgan fingerprint density at radius 3 is 2.60 bits per heavy atom. The van der Waals surface area contributed by atoms with Crippen molar-refractivity contribution < 1.29 is 9.53 Å². The minimum atomic E-state index is -0.468. The minimum Gasteiger partial charge on any atom is -0.444 e. The Hall–Kier alpha value is -2.11. The summed E-state index contributed by atoms with van der Waals surface area (Å²) < 4.78 is 5.69. The van der Waals surface area contributed by atoms with Gasteiger partial charge in [0.05, 0.1) is 11.2 Å². The Morgan fingerprint density at radius 2 is 2.00 bits per heavy atom. The molecule has 0 N–H and O–H groups in total. The molecule has 4 rings (SSSR count). The van der Waals surface area contributed by atoms with Gasteiger partial charge < -0.3 is 9.64 Å². The smallest absolute Gasteiger partial charge is 0.410 e. The molecule has 3 fully saturated rings. The van der Waals surface area contributed by atoms with Crippen LogP contribution in [0.4, 0.5) is 10.6 Å². The summed E-state index contributed by atoms with van der Waals surface area (Å²) >= 11 is 0. The van der Waals surface area contributed by atoms with Gasteiger partial charge in [-0.1, -0.05) is 19.4 Å². The maximum absolute atomic E-state index is 12.8. The normalized spacial score (nSPS) is 21.2. The summed E-state index contributed by atoms with van der Waals surface area (Å²) in [6.07, 6.45) is 10.8. The van der Waals surface area contributed by atoms with Crippen LogP contribution < -0.4 is 4.90 Å². The van der Waals surface area contributed by atoms with Crippen LogP contribution in [0.1, 0.15) is 77.5 Å². The van der Waals surface area contributed by atoms with Gasteiger partial charge in [-0.2, -0.15) is 0 Å². The molecule has 0 unspecified atom stereocenters. The van der Waals surface area contributed by atoms with Gasteiger partial charge in [0.1, 0.15) is 17.7 Å². The van der Waals surface area contributed by atoms with Gasteiger partial charge in [0.25, 0.3) is 0 Å². The van der Waals surface area contributed by atoms with E-state index in [1.54, 1.807) is 6.33 Å². The number of ether oxygens (including phenoxy) is 1. The van der Waals surface area contributed by atoms with Gasteiger partial charge in [0, 0.05) is 25.2 Å². The van der Waals surface area contributed by atoms with Gasteiger partial charge in [-0.3, -0.25) is 4.90 Å². The molecule has 164 valence electrons. The third-order valence-electron chi connectivity index (χ3n) is 6.37. The first kappa shape index (κ1) is 21.1. The Bertz CT molecular complexity index is 834. The molecule has 6 heteroatoms. The molecular formula is C24H36N4O2. The number of aromatic nitrogens is 2. The Balaban J connectivity index is 1.60. The van der Waals surface area contributed by atoms with Crippen molar-refractivity contribution in [2.75, 3.05) is 24.5 Å². The third-order valence-corrected chi connectivity index (χ3v) is 6.37. The highest BCUT2D eigenvalue weighted by Crippen LogP contribution is 2.48. The maximum Gasteiger partial charge on any atom is 0.410 e. The number of rotatable bonds is 5. The summed E-state index contributed by atoms with van der Waals surface area (Å²) in [6.45, 7) is 12.4. The largest absolute Gasteiger partial charge is 0.444 e. The van der Waals surface area contributed by atoms with Gasteiger partial charge >= 0.3 is 6.09 Å². The molecule has 0 radical (unpaired) electrons. The summed E-state index contributed by atoms with van der Waals surface area (Å²) in [5.74, 6) is 1.70. The van der Waals surface area contributed by atoms with Crippen LogP contribution in [0.25, 0.3) is 5.57 Å². The van der Waals surface area contributed by atoms with Crippen LogP contribution in [0, 0.1) is 12.8 Å². The van der Waals surface area contributed by atoms with Crippen LogP contribution in [-0.2, 0) is 4.74 Å². The quantitative estimate of drug-likeness (QED) is 0.683. The molecule has 2 saturated carbocycles. The van der Waals surface area contributed by atoms with E-state index in [2.05, 4.69) is 29.8 Å². The number of hydrogen-bond donors (Lipinski definition) is 0.